The fourth-order valence-electron chi connectivity index (χ4n) is 4.40. The van der Waals surface area contributed by atoms with E-state index in [2.05, 4.69) is 20.8 Å². The van der Waals surface area contributed by atoms with Crippen molar-refractivity contribution in [2.45, 2.75) is 65.2 Å². The van der Waals surface area contributed by atoms with Gasteiger partial charge in [0.1, 0.15) is 12.0 Å². The molecule has 2 aliphatic rings. The van der Waals surface area contributed by atoms with Crippen LogP contribution in [0.2, 0.25) is 0 Å². The first kappa shape index (κ1) is 20.9. The molecule has 0 N–H and O–H groups in total. The molecule has 152 valence electrons. The summed E-state index contributed by atoms with van der Waals surface area (Å²) in [5, 5.41) is 0. The van der Waals surface area contributed by atoms with Gasteiger partial charge in [0.05, 0.1) is 6.10 Å². The molecule has 6 heteroatoms. The minimum atomic E-state index is -3.53. The van der Waals surface area contributed by atoms with Crippen molar-refractivity contribution in [2.24, 2.45) is 17.8 Å². The van der Waals surface area contributed by atoms with Gasteiger partial charge in [-0.05, 0) is 55.6 Å². The van der Waals surface area contributed by atoms with Crippen molar-refractivity contribution in [1.29, 1.82) is 0 Å². The van der Waals surface area contributed by atoms with E-state index in [-0.39, 0.29) is 12.3 Å². The van der Waals surface area contributed by atoms with Crippen LogP contribution < -0.4 is 4.52 Å². The molecule has 2 fully saturated rings. The van der Waals surface area contributed by atoms with Crippen molar-refractivity contribution >= 4 is 7.75 Å². The van der Waals surface area contributed by atoms with Crippen LogP contribution in [0.5, 0.6) is 5.75 Å². The number of ether oxygens (including phenoxy) is 1. The number of methoxy groups -OCH3 is 1. The average molecular weight is 395 g/mol. The van der Waals surface area contributed by atoms with Gasteiger partial charge in [0.15, 0.2) is 0 Å². The van der Waals surface area contributed by atoms with Crippen LogP contribution >= 0.6 is 7.75 Å². The first-order valence-electron chi connectivity index (χ1n) is 10.3. The van der Waals surface area contributed by atoms with Crippen molar-refractivity contribution in [3.63, 3.8) is 0 Å². The molecular weight excluding hydrogens is 361 g/mol. The lowest BCUT2D eigenvalue weighted by atomic mass is 9.75. The molecule has 1 heterocycles. The van der Waals surface area contributed by atoms with Crippen LogP contribution in [0.4, 0.5) is 0 Å². The van der Waals surface area contributed by atoms with Gasteiger partial charge in [-0.15, -0.1) is 0 Å². The Hall–Kier alpha value is -0.870. The zero-order chi connectivity index (χ0) is 19.4. The number of hydrogen-bond donors (Lipinski definition) is 0. The van der Waals surface area contributed by atoms with E-state index in [1.165, 1.54) is 6.42 Å². The second kappa shape index (κ2) is 9.09. The quantitative estimate of drug-likeness (QED) is 0.553. The molecule has 3 rings (SSSR count). The van der Waals surface area contributed by atoms with E-state index in [4.69, 9.17) is 13.8 Å². The van der Waals surface area contributed by atoms with E-state index in [1.54, 1.807) is 7.11 Å². The van der Waals surface area contributed by atoms with Crippen LogP contribution in [0, 0.1) is 17.8 Å². The molecule has 0 radical (unpaired) electrons. The number of rotatable bonds is 7. The second-order valence-corrected chi connectivity index (χ2v) is 10.2. The smallest absolute Gasteiger partial charge is 0.413 e. The molecule has 0 bridgehead atoms. The summed E-state index contributed by atoms with van der Waals surface area (Å²) in [6.45, 7) is 7.38. The zero-order valence-corrected chi connectivity index (χ0v) is 17.9. The third kappa shape index (κ3) is 4.95. The Morgan fingerprint density at radius 1 is 1.15 bits per heavy atom. The molecule has 27 heavy (non-hydrogen) atoms. The van der Waals surface area contributed by atoms with Gasteiger partial charge in [-0.3, -0.25) is 4.52 Å². The lowest BCUT2D eigenvalue weighted by Crippen LogP contribution is -2.38. The summed E-state index contributed by atoms with van der Waals surface area (Å²) in [7, 11) is -1.86. The van der Waals surface area contributed by atoms with E-state index in [0.29, 0.717) is 30.0 Å². The van der Waals surface area contributed by atoms with Gasteiger partial charge in [0, 0.05) is 13.7 Å². The fraction of sp³-hybridized carbons (Fsp3) is 0.714. The van der Waals surface area contributed by atoms with Gasteiger partial charge in [-0.2, -0.15) is 4.67 Å². The minimum absolute atomic E-state index is 0.0543. The Morgan fingerprint density at radius 2 is 1.89 bits per heavy atom. The first-order chi connectivity index (χ1) is 12.9. The van der Waals surface area contributed by atoms with Crippen LogP contribution in [-0.2, 0) is 13.8 Å². The van der Waals surface area contributed by atoms with Crippen LogP contribution in [0.1, 0.15) is 52.9 Å². The Kier molecular flexibility index (Phi) is 7.02. The van der Waals surface area contributed by atoms with Crippen LogP contribution in [0.25, 0.3) is 0 Å². The Balaban J connectivity index is 1.87. The Morgan fingerprint density at radius 3 is 2.56 bits per heavy atom. The third-order valence-corrected chi connectivity index (χ3v) is 8.02. The van der Waals surface area contributed by atoms with Gasteiger partial charge in [-0.1, -0.05) is 45.4 Å². The fourth-order valence-corrected chi connectivity index (χ4v) is 6.55. The average Bonchev–Trinajstić information content (AvgIpc) is 3.12. The van der Waals surface area contributed by atoms with Gasteiger partial charge < -0.3 is 9.26 Å². The summed E-state index contributed by atoms with van der Waals surface area (Å²) in [6.07, 6.45) is 4.74. The molecule has 1 aliphatic heterocycles. The highest BCUT2D eigenvalue weighted by molar-refractivity contribution is 7.51. The maximum atomic E-state index is 14.1. The molecule has 0 spiro atoms. The standard InChI is InChI=1S/C21H34NO4P/c1-16(2)19-13-12-17(3)15-20(19)26-27(23,22-14-8-11-21(22)24-4)25-18-9-6-5-7-10-18/h5-7,9-10,16-17,19-21H,8,11-15H2,1-4H3/t17-,19-,20+,21?,27?/m0/s1. The molecule has 0 aromatic heterocycles. The summed E-state index contributed by atoms with van der Waals surface area (Å²) in [4.78, 5) is 0. The summed E-state index contributed by atoms with van der Waals surface area (Å²) >= 11 is 0. The van der Waals surface area contributed by atoms with Crippen LogP contribution in [0.15, 0.2) is 30.3 Å². The van der Waals surface area contributed by atoms with Crippen molar-refractivity contribution in [2.75, 3.05) is 13.7 Å². The Bertz CT molecular complexity index is 638. The number of hydrogen-bond acceptors (Lipinski definition) is 4. The largest absolute Gasteiger partial charge is 0.463 e. The summed E-state index contributed by atoms with van der Waals surface area (Å²) < 4.78 is 34.0. The van der Waals surface area contributed by atoms with Crippen molar-refractivity contribution in [1.82, 2.24) is 4.67 Å². The van der Waals surface area contributed by atoms with E-state index in [0.717, 1.165) is 25.7 Å². The van der Waals surface area contributed by atoms with Crippen LogP contribution in [-0.4, -0.2) is 30.7 Å². The summed E-state index contributed by atoms with van der Waals surface area (Å²) in [5.74, 6) is 2.04. The number of benzene rings is 1. The van der Waals surface area contributed by atoms with Gasteiger partial charge >= 0.3 is 7.75 Å². The predicted molar refractivity (Wildman–Crippen MR) is 108 cm³/mol. The molecule has 5 atom stereocenters. The highest BCUT2D eigenvalue weighted by atomic mass is 31.2. The molecule has 5 nitrogen and oxygen atoms in total. The van der Waals surface area contributed by atoms with Gasteiger partial charge in [-0.25, -0.2) is 4.57 Å². The van der Waals surface area contributed by atoms with Gasteiger partial charge in [0.2, 0.25) is 0 Å². The maximum absolute atomic E-state index is 14.1. The topological polar surface area (TPSA) is 48.0 Å². The Labute approximate surface area is 164 Å². The first-order valence-corrected chi connectivity index (χ1v) is 11.8. The van der Waals surface area contributed by atoms with E-state index < -0.39 is 7.75 Å². The molecule has 1 saturated carbocycles. The molecular formula is C21H34NO4P. The molecule has 1 aliphatic carbocycles. The van der Waals surface area contributed by atoms with E-state index >= 15 is 0 Å². The third-order valence-electron chi connectivity index (χ3n) is 5.95. The van der Waals surface area contributed by atoms with Crippen LogP contribution in [0.3, 0.4) is 0 Å². The SMILES string of the molecule is COC1CCCN1P(=O)(Oc1ccccc1)O[C@@H]1C[C@@H](C)CC[C@H]1C(C)C. The normalized spacial score (nSPS) is 31.7. The molecule has 0 amide bonds. The summed E-state index contributed by atoms with van der Waals surface area (Å²) in [6, 6.07) is 9.35. The monoisotopic (exact) mass is 395 g/mol. The maximum Gasteiger partial charge on any atom is 0.463 e. The second-order valence-electron chi connectivity index (χ2n) is 8.34. The zero-order valence-electron chi connectivity index (χ0n) is 17.0. The highest BCUT2D eigenvalue weighted by Gasteiger charge is 2.47. The lowest BCUT2D eigenvalue weighted by molar-refractivity contribution is -0.00479. The van der Waals surface area contributed by atoms with Gasteiger partial charge in [0.25, 0.3) is 0 Å². The number of para-hydroxylation sites is 1. The van der Waals surface area contributed by atoms with Crippen molar-refractivity contribution < 1.29 is 18.3 Å². The van der Waals surface area contributed by atoms with Crippen molar-refractivity contribution in [3.8, 4) is 5.75 Å². The molecule has 1 aromatic rings. The molecule has 1 aromatic carbocycles. The number of nitrogens with zero attached hydrogens (tertiary/aromatic N) is 1. The minimum Gasteiger partial charge on any atom is -0.413 e. The summed E-state index contributed by atoms with van der Waals surface area (Å²) in [5.41, 5.74) is 0. The molecule has 2 unspecified atom stereocenters. The van der Waals surface area contributed by atoms with E-state index in [1.807, 2.05) is 35.0 Å². The predicted octanol–water partition coefficient (Wildman–Crippen LogP) is 5.72. The van der Waals surface area contributed by atoms with Crippen molar-refractivity contribution in [3.05, 3.63) is 30.3 Å². The van der Waals surface area contributed by atoms with E-state index in [9.17, 15) is 4.57 Å². The highest BCUT2D eigenvalue weighted by Crippen LogP contribution is 2.58. The molecule has 1 saturated heterocycles. The lowest BCUT2D eigenvalue weighted by Gasteiger charge is -2.40.